The highest BCUT2D eigenvalue weighted by molar-refractivity contribution is 5.77. The van der Waals surface area contributed by atoms with E-state index >= 15 is 0 Å². The van der Waals surface area contributed by atoms with E-state index in [2.05, 4.69) is 10.6 Å². The van der Waals surface area contributed by atoms with E-state index in [0.717, 1.165) is 12.5 Å². The molecule has 76 valence electrons. The predicted octanol–water partition coefficient (Wildman–Crippen LogP) is -0.515. The van der Waals surface area contributed by atoms with Crippen LogP contribution >= 0.6 is 0 Å². The molecule has 3 N–H and O–H groups in total. The minimum Gasteiger partial charge on any atom is -0.396 e. The fraction of sp³-hybridized carbons (Fsp3) is 0.889. The first-order chi connectivity index (χ1) is 6.33. The van der Waals surface area contributed by atoms with Gasteiger partial charge in [-0.2, -0.15) is 0 Å². The van der Waals surface area contributed by atoms with Crippen molar-refractivity contribution in [2.75, 3.05) is 26.2 Å². The van der Waals surface area contributed by atoms with Crippen LogP contribution in [0.15, 0.2) is 0 Å². The Hall–Kier alpha value is -0.610. The maximum atomic E-state index is 11.1. The second-order valence-corrected chi connectivity index (χ2v) is 3.50. The molecule has 1 amide bonds. The van der Waals surface area contributed by atoms with Gasteiger partial charge in [-0.15, -0.1) is 0 Å². The fourth-order valence-electron chi connectivity index (χ4n) is 1.08. The fourth-order valence-corrected chi connectivity index (χ4v) is 1.08. The van der Waals surface area contributed by atoms with E-state index in [1.807, 2.05) is 0 Å². The normalized spacial score (nSPS) is 15.8. The van der Waals surface area contributed by atoms with Gasteiger partial charge in [-0.05, 0) is 31.7 Å². The Balaban J connectivity index is 1.84. The van der Waals surface area contributed by atoms with Crippen molar-refractivity contribution in [1.29, 1.82) is 0 Å². The Morgan fingerprint density at radius 1 is 1.46 bits per heavy atom. The lowest BCUT2D eigenvalue weighted by Gasteiger charge is -2.04. The van der Waals surface area contributed by atoms with Crippen molar-refractivity contribution < 1.29 is 9.90 Å². The predicted molar refractivity (Wildman–Crippen MR) is 50.3 cm³/mol. The first-order valence-electron chi connectivity index (χ1n) is 4.91. The molecule has 4 nitrogen and oxygen atoms in total. The number of carbonyl (C=O) groups excluding carboxylic acids is 1. The van der Waals surface area contributed by atoms with Crippen LogP contribution in [0.5, 0.6) is 0 Å². The van der Waals surface area contributed by atoms with Crippen LogP contribution in [0.3, 0.4) is 0 Å². The number of aliphatic hydroxyl groups is 1. The molecule has 1 aliphatic rings. The minimum absolute atomic E-state index is 0.0223. The molecule has 0 aliphatic heterocycles. The van der Waals surface area contributed by atoms with Crippen molar-refractivity contribution in [2.45, 2.75) is 19.3 Å². The SMILES string of the molecule is O=C(CNCC1CC1)NCCCO. The van der Waals surface area contributed by atoms with Gasteiger partial charge in [0.25, 0.3) is 0 Å². The van der Waals surface area contributed by atoms with E-state index < -0.39 is 0 Å². The van der Waals surface area contributed by atoms with Crippen LogP contribution in [0.1, 0.15) is 19.3 Å². The third kappa shape index (κ3) is 5.60. The van der Waals surface area contributed by atoms with Crippen molar-refractivity contribution in [1.82, 2.24) is 10.6 Å². The Bertz CT molecular complexity index is 158. The van der Waals surface area contributed by atoms with Gasteiger partial charge in [0.2, 0.25) is 5.91 Å². The standard InChI is InChI=1S/C9H18N2O2/c12-5-1-4-11-9(13)7-10-6-8-2-3-8/h8,10,12H,1-7H2,(H,11,13). The summed E-state index contributed by atoms with van der Waals surface area (Å²) in [5.41, 5.74) is 0. The molecule has 1 fully saturated rings. The highest BCUT2D eigenvalue weighted by Crippen LogP contribution is 2.27. The maximum absolute atomic E-state index is 11.1. The Labute approximate surface area is 78.7 Å². The first kappa shape index (κ1) is 10.5. The molecule has 0 atom stereocenters. The van der Waals surface area contributed by atoms with E-state index in [1.165, 1.54) is 12.8 Å². The number of carbonyl (C=O) groups is 1. The molecule has 1 saturated carbocycles. The molecule has 4 heteroatoms. The molecule has 1 aliphatic carbocycles. The van der Waals surface area contributed by atoms with Crippen LogP contribution < -0.4 is 10.6 Å². The molecule has 1 rings (SSSR count). The lowest BCUT2D eigenvalue weighted by molar-refractivity contribution is -0.120. The number of amides is 1. The molecular formula is C9H18N2O2. The molecule has 0 spiro atoms. The first-order valence-corrected chi connectivity index (χ1v) is 4.91. The molecule has 0 aromatic carbocycles. The largest absolute Gasteiger partial charge is 0.396 e. The van der Waals surface area contributed by atoms with Crippen molar-refractivity contribution in [2.24, 2.45) is 5.92 Å². The van der Waals surface area contributed by atoms with Gasteiger partial charge in [-0.25, -0.2) is 0 Å². The molecule has 0 bridgehead atoms. The van der Waals surface area contributed by atoms with E-state index in [1.54, 1.807) is 0 Å². The van der Waals surface area contributed by atoms with Gasteiger partial charge in [-0.3, -0.25) is 4.79 Å². The van der Waals surface area contributed by atoms with Crippen molar-refractivity contribution in [3.05, 3.63) is 0 Å². The zero-order valence-corrected chi connectivity index (χ0v) is 7.88. The number of nitrogens with one attached hydrogen (secondary N) is 2. The summed E-state index contributed by atoms with van der Waals surface area (Å²) in [6.45, 7) is 2.07. The van der Waals surface area contributed by atoms with E-state index in [9.17, 15) is 4.79 Å². The average molecular weight is 186 g/mol. The van der Waals surface area contributed by atoms with Crippen LogP contribution in [0.4, 0.5) is 0 Å². The summed E-state index contributed by atoms with van der Waals surface area (Å²) in [7, 11) is 0. The molecule has 0 saturated heterocycles. The molecule has 0 aromatic heterocycles. The molecular weight excluding hydrogens is 168 g/mol. The maximum Gasteiger partial charge on any atom is 0.233 e. The molecule has 13 heavy (non-hydrogen) atoms. The van der Waals surface area contributed by atoms with Gasteiger partial charge in [-0.1, -0.05) is 0 Å². The van der Waals surface area contributed by atoms with Gasteiger partial charge in [0.15, 0.2) is 0 Å². The van der Waals surface area contributed by atoms with Gasteiger partial charge >= 0.3 is 0 Å². The highest BCUT2D eigenvalue weighted by Gasteiger charge is 2.20. The van der Waals surface area contributed by atoms with Crippen LogP contribution in [-0.2, 0) is 4.79 Å². The Kier molecular flexibility index (Phi) is 4.78. The summed E-state index contributed by atoms with van der Waals surface area (Å²) in [6.07, 6.45) is 3.24. The Morgan fingerprint density at radius 2 is 2.23 bits per heavy atom. The van der Waals surface area contributed by atoms with Crippen molar-refractivity contribution in [3.63, 3.8) is 0 Å². The summed E-state index contributed by atoms with van der Waals surface area (Å²) in [5, 5.41) is 14.3. The third-order valence-electron chi connectivity index (χ3n) is 2.07. The second kappa shape index (κ2) is 5.94. The van der Waals surface area contributed by atoms with E-state index in [-0.39, 0.29) is 12.5 Å². The van der Waals surface area contributed by atoms with Crippen LogP contribution in [0, 0.1) is 5.92 Å². The van der Waals surface area contributed by atoms with Gasteiger partial charge in [0.05, 0.1) is 6.54 Å². The number of rotatable bonds is 7. The van der Waals surface area contributed by atoms with Crippen molar-refractivity contribution >= 4 is 5.91 Å². The average Bonchev–Trinajstić information content (AvgIpc) is 2.89. The van der Waals surface area contributed by atoms with Gasteiger partial charge in [0, 0.05) is 13.2 Å². The zero-order chi connectivity index (χ0) is 9.52. The smallest absolute Gasteiger partial charge is 0.233 e. The minimum atomic E-state index is 0.0223. The van der Waals surface area contributed by atoms with Crippen LogP contribution in [-0.4, -0.2) is 37.3 Å². The summed E-state index contributed by atoms with van der Waals surface area (Å²) in [4.78, 5) is 11.1. The summed E-state index contributed by atoms with van der Waals surface area (Å²) < 4.78 is 0. The Morgan fingerprint density at radius 3 is 2.85 bits per heavy atom. The van der Waals surface area contributed by atoms with Crippen molar-refractivity contribution in [3.8, 4) is 0 Å². The molecule has 0 heterocycles. The van der Waals surface area contributed by atoms with E-state index in [0.29, 0.717) is 19.5 Å². The number of hydrogen-bond donors (Lipinski definition) is 3. The number of hydrogen-bond acceptors (Lipinski definition) is 3. The van der Waals surface area contributed by atoms with Crippen LogP contribution in [0.2, 0.25) is 0 Å². The molecule has 0 aromatic rings. The monoisotopic (exact) mass is 186 g/mol. The quantitative estimate of drug-likeness (QED) is 0.469. The topological polar surface area (TPSA) is 61.4 Å². The number of aliphatic hydroxyl groups excluding tert-OH is 1. The van der Waals surface area contributed by atoms with E-state index in [4.69, 9.17) is 5.11 Å². The molecule has 0 unspecified atom stereocenters. The van der Waals surface area contributed by atoms with Gasteiger partial charge in [0.1, 0.15) is 0 Å². The van der Waals surface area contributed by atoms with Crippen LogP contribution in [0.25, 0.3) is 0 Å². The van der Waals surface area contributed by atoms with Gasteiger partial charge < -0.3 is 15.7 Å². The highest BCUT2D eigenvalue weighted by atomic mass is 16.3. The molecule has 0 radical (unpaired) electrons. The second-order valence-electron chi connectivity index (χ2n) is 3.50. The third-order valence-corrected chi connectivity index (χ3v) is 2.07. The summed E-state index contributed by atoms with van der Waals surface area (Å²) in [6, 6.07) is 0. The lowest BCUT2D eigenvalue weighted by atomic mass is 10.4. The zero-order valence-electron chi connectivity index (χ0n) is 7.88. The summed E-state index contributed by atoms with van der Waals surface area (Å²) >= 11 is 0. The summed E-state index contributed by atoms with van der Waals surface area (Å²) in [5.74, 6) is 0.833. The lowest BCUT2D eigenvalue weighted by Crippen LogP contribution is -2.35.